The number of hydrogen-bond donors (Lipinski definition) is 1. The Morgan fingerprint density at radius 2 is 1.60 bits per heavy atom. The van der Waals surface area contributed by atoms with Crippen molar-refractivity contribution in [3.8, 4) is 0 Å². The average Bonchev–Trinajstić information content (AvgIpc) is 3.06. The van der Waals surface area contributed by atoms with E-state index in [1.54, 1.807) is 47.4 Å². The van der Waals surface area contributed by atoms with Crippen LogP contribution in [0.3, 0.4) is 0 Å². The first-order valence-electron chi connectivity index (χ1n) is 8.01. The molecule has 25 heavy (non-hydrogen) atoms. The van der Waals surface area contributed by atoms with E-state index >= 15 is 0 Å². The molecule has 0 aromatic heterocycles. The van der Waals surface area contributed by atoms with Gasteiger partial charge < -0.3 is 10.0 Å². The maximum Gasteiger partial charge on any atom is 0.335 e. The molecule has 1 saturated heterocycles. The fourth-order valence-corrected chi connectivity index (χ4v) is 2.73. The molecule has 5 nitrogen and oxygen atoms in total. The summed E-state index contributed by atoms with van der Waals surface area (Å²) in [5, 5.41) is 8.86. The molecular weight excluding hydrogens is 318 g/mol. The molecule has 3 rings (SSSR count). The standard InChI is InChI=1S/C20H17NO4/c22-18(12-5-14-3-6-16(7-4-14)20(24)25)15-8-10-17(11-9-15)21-13-1-2-19(21)23/h3-12H,1-2,13H2,(H,24,25)/b12-5+. The Bertz CT molecular complexity index is 835. The van der Waals surface area contributed by atoms with E-state index in [-0.39, 0.29) is 17.3 Å². The number of carbonyl (C=O) groups excluding carboxylic acids is 2. The molecule has 1 heterocycles. The molecule has 1 aliphatic rings. The fourth-order valence-electron chi connectivity index (χ4n) is 2.73. The Labute approximate surface area is 145 Å². The molecule has 0 bridgehead atoms. The number of carboxylic acids is 1. The van der Waals surface area contributed by atoms with Crippen molar-refractivity contribution in [2.75, 3.05) is 11.4 Å². The number of carbonyl (C=O) groups is 3. The third-order valence-electron chi connectivity index (χ3n) is 4.12. The number of ketones is 1. The van der Waals surface area contributed by atoms with Gasteiger partial charge in [0, 0.05) is 24.2 Å². The highest BCUT2D eigenvalue weighted by molar-refractivity contribution is 6.07. The molecule has 1 N–H and O–H groups in total. The highest BCUT2D eigenvalue weighted by Crippen LogP contribution is 2.21. The van der Waals surface area contributed by atoms with Gasteiger partial charge in [0.15, 0.2) is 5.78 Å². The van der Waals surface area contributed by atoms with Gasteiger partial charge >= 0.3 is 5.97 Å². The van der Waals surface area contributed by atoms with Crippen LogP contribution in [0.1, 0.15) is 39.1 Å². The largest absolute Gasteiger partial charge is 0.478 e. The molecular formula is C20H17NO4. The molecule has 2 aromatic rings. The molecule has 0 aliphatic carbocycles. The minimum absolute atomic E-state index is 0.115. The SMILES string of the molecule is O=C(O)c1ccc(/C=C/C(=O)c2ccc(N3CCCC3=O)cc2)cc1. The van der Waals surface area contributed by atoms with Crippen molar-refractivity contribution >= 4 is 29.4 Å². The first-order valence-corrected chi connectivity index (χ1v) is 8.01. The number of allylic oxidation sites excluding steroid dienone is 1. The molecule has 126 valence electrons. The van der Waals surface area contributed by atoms with Crippen LogP contribution in [0.15, 0.2) is 54.6 Å². The van der Waals surface area contributed by atoms with E-state index in [0.29, 0.717) is 12.0 Å². The summed E-state index contributed by atoms with van der Waals surface area (Å²) in [6, 6.07) is 13.3. The lowest BCUT2D eigenvalue weighted by Crippen LogP contribution is -2.23. The maximum absolute atomic E-state index is 12.2. The summed E-state index contributed by atoms with van der Waals surface area (Å²) in [7, 11) is 0. The Morgan fingerprint density at radius 1 is 0.960 bits per heavy atom. The Morgan fingerprint density at radius 3 is 2.16 bits per heavy atom. The van der Waals surface area contributed by atoms with Crippen LogP contribution in [0.4, 0.5) is 5.69 Å². The van der Waals surface area contributed by atoms with Crippen LogP contribution >= 0.6 is 0 Å². The van der Waals surface area contributed by atoms with E-state index in [9.17, 15) is 14.4 Å². The second kappa shape index (κ2) is 7.13. The van der Waals surface area contributed by atoms with Gasteiger partial charge in [0.2, 0.25) is 5.91 Å². The van der Waals surface area contributed by atoms with Crippen molar-refractivity contribution in [1.82, 2.24) is 0 Å². The topological polar surface area (TPSA) is 74.7 Å². The average molecular weight is 335 g/mol. The Balaban J connectivity index is 1.68. The van der Waals surface area contributed by atoms with Gasteiger partial charge in [-0.15, -0.1) is 0 Å². The van der Waals surface area contributed by atoms with E-state index in [1.807, 2.05) is 0 Å². The van der Waals surface area contributed by atoms with E-state index in [2.05, 4.69) is 0 Å². The molecule has 1 amide bonds. The summed E-state index contributed by atoms with van der Waals surface area (Å²) in [6.07, 6.45) is 4.53. The van der Waals surface area contributed by atoms with Gasteiger partial charge in [0.1, 0.15) is 0 Å². The van der Waals surface area contributed by atoms with Crippen LogP contribution < -0.4 is 4.90 Å². The zero-order valence-corrected chi connectivity index (χ0v) is 13.5. The molecule has 0 radical (unpaired) electrons. The van der Waals surface area contributed by atoms with Gasteiger partial charge in [0.25, 0.3) is 0 Å². The molecule has 5 heteroatoms. The molecule has 2 aromatic carbocycles. The van der Waals surface area contributed by atoms with Crippen molar-refractivity contribution in [2.24, 2.45) is 0 Å². The van der Waals surface area contributed by atoms with Crippen molar-refractivity contribution in [2.45, 2.75) is 12.8 Å². The van der Waals surface area contributed by atoms with Crippen molar-refractivity contribution in [1.29, 1.82) is 0 Å². The molecule has 0 unspecified atom stereocenters. The Kier molecular flexibility index (Phi) is 4.75. The van der Waals surface area contributed by atoms with Crippen LogP contribution in [0.2, 0.25) is 0 Å². The number of carboxylic acid groups (broad SMARTS) is 1. The predicted octanol–water partition coefficient (Wildman–Crippen LogP) is 3.41. The van der Waals surface area contributed by atoms with E-state index in [4.69, 9.17) is 5.11 Å². The lowest BCUT2D eigenvalue weighted by molar-refractivity contribution is -0.117. The van der Waals surface area contributed by atoms with Crippen LogP contribution in [0.5, 0.6) is 0 Å². The van der Waals surface area contributed by atoms with Gasteiger partial charge in [-0.3, -0.25) is 9.59 Å². The van der Waals surface area contributed by atoms with E-state index < -0.39 is 5.97 Å². The Hall–Kier alpha value is -3.21. The molecule has 1 fully saturated rings. The summed E-state index contributed by atoms with van der Waals surface area (Å²) in [6.45, 7) is 0.721. The zero-order valence-electron chi connectivity index (χ0n) is 13.5. The lowest BCUT2D eigenvalue weighted by atomic mass is 10.1. The highest BCUT2D eigenvalue weighted by Gasteiger charge is 2.21. The molecule has 0 spiro atoms. The fraction of sp³-hybridized carbons (Fsp3) is 0.150. The number of rotatable bonds is 5. The van der Waals surface area contributed by atoms with Crippen LogP contribution in [-0.4, -0.2) is 29.3 Å². The van der Waals surface area contributed by atoms with Crippen LogP contribution in [0, 0.1) is 0 Å². The summed E-state index contributed by atoms with van der Waals surface area (Å²) in [5.74, 6) is -1.02. The quantitative estimate of drug-likeness (QED) is 0.671. The summed E-state index contributed by atoms with van der Waals surface area (Å²) < 4.78 is 0. The second-order valence-corrected chi connectivity index (χ2v) is 5.82. The van der Waals surface area contributed by atoms with Crippen LogP contribution in [0.25, 0.3) is 6.08 Å². The van der Waals surface area contributed by atoms with Crippen molar-refractivity contribution in [3.63, 3.8) is 0 Å². The molecule has 0 atom stereocenters. The number of aromatic carboxylic acids is 1. The number of benzene rings is 2. The minimum atomic E-state index is -0.983. The van der Waals surface area contributed by atoms with Gasteiger partial charge in [0.05, 0.1) is 5.56 Å². The molecule has 1 aliphatic heterocycles. The smallest absolute Gasteiger partial charge is 0.335 e. The lowest BCUT2D eigenvalue weighted by Gasteiger charge is -2.15. The summed E-state index contributed by atoms with van der Waals surface area (Å²) in [4.78, 5) is 36.5. The zero-order chi connectivity index (χ0) is 17.8. The molecule has 0 saturated carbocycles. The third kappa shape index (κ3) is 3.83. The van der Waals surface area contributed by atoms with Crippen LogP contribution in [-0.2, 0) is 4.79 Å². The van der Waals surface area contributed by atoms with Gasteiger partial charge in [-0.05, 0) is 54.5 Å². The number of anilines is 1. The number of hydrogen-bond acceptors (Lipinski definition) is 3. The minimum Gasteiger partial charge on any atom is -0.478 e. The predicted molar refractivity (Wildman–Crippen MR) is 94.8 cm³/mol. The first kappa shape index (κ1) is 16.6. The van der Waals surface area contributed by atoms with E-state index in [1.165, 1.54) is 18.2 Å². The normalized spacial score (nSPS) is 14.2. The number of amides is 1. The van der Waals surface area contributed by atoms with E-state index in [0.717, 1.165) is 24.2 Å². The third-order valence-corrected chi connectivity index (χ3v) is 4.12. The highest BCUT2D eigenvalue weighted by atomic mass is 16.4. The van der Waals surface area contributed by atoms with Crippen molar-refractivity contribution < 1.29 is 19.5 Å². The second-order valence-electron chi connectivity index (χ2n) is 5.82. The van der Waals surface area contributed by atoms with Gasteiger partial charge in [-0.25, -0.2) is 4.79 Å². The monoisotopic (exact) mass is 335 g/mol. The maximum atomic E-state index is 12.2. The summed E-state index contributed by atoms with van der Waals surface area (Å²) in [5.41, 5.74) is 2.30. The summed E-state index contributed by atoms with van der Waals surface area (Å²) >= 11 is 0. The first-order chi connectivity index (χ1) is 12.0. The van der Waals surface area contributed by atoms with Gasteiger partial charge in [-0.1, -0.05) is 18.2 Å². The van der Waals surface area contributed by atoms with Gasteiger partial charge in [-0.2, -0.15) is 0 Å². The van der Waals surface area contributed by atoms with Crippen molar-refractivity contribution in [3.05, 3.63) is 71.3 Å². The number of nitrogens with zero attached hydrogens (tertiary/aromatic N) is 1.